The van der Waals surface area contributed by atoms with Crippen LogP contribution in [0, 0.1) is 5.92 Å². The first-order valence-corrected chi connectivity index (χ1v) is 10.1. The minimum atomic E-state index is -0.518. The molecule has 1 saturated heterocycles. The molecule has 1 aromatic heterocycles. The molecule has 2 atom stereocenters. The Labute approximate surface area is 176 Å². The topological polar surface area (TPSA) is 76.5 Å². The number of benzene rings is 1. The summed E-state index contributed by atoms with van der Waals surface area (Å²) in [6, 6.07) is 7.22. The number of piperidine rings is 1. The van der Waals surface area contributed by atoms with E-state index in [-0.39, 0.29) is 24.0 Å². The number of carbonyl (C=O) groups excluding carboxylic acids is 2. The number of nitrogens with one attached hydrogen (secondary N) is 1. The summed E-state index contributed by atoms with van der Waals surface area (Å²) in [5.41, 5.74) is 0.796. The van der Waals surface area contributed by atoms with E-state index in [4.69, 9.17) is 16.3 Å². The van der Waals surface area contributed by atoms with Crippen LogP contribution in [0.2, 0.25) is 5.02 Å². The predicted molar refractivity (Wildman–Crippen MR) is 111 cm³/mol. The average molecular weight is 419 g/mol. The summed E-state index contributed by atoms with van der Waals surface area (Å²) in [7, 11) is 0. The molecule has 0 spiro atoms. The van der Waals surface area contributed by atoms with Gasteiger partial charge in [0.05, 0.1) is 17.4 Å². The summed E-state index contributed by atoms with van der Waals surface area (Å²) < 4.78 is 7.08. The normalized spacial score (nSPS) is 19.7. The van der Waals surface area contributed by atoms with Gasteiger partial charge in [-0.05, 0) is 57.4 Å². The van der Waals surface area contributed by atoms with Crippen molar-refractivity contribution in [3.63, 3.8) is 0 Å². The number of hydrogen-bond donors (Lipinski definition) is 1. The number of amides is 2. The van der Waals surface area contributed by atoms with Crippen LogP contribution in [0.5, 0.6) is 0 Å². The Morgan fingerprint density at radius 1 is 1.24 bits per heavy atom. The molecule has 0 radical (unpaired) electrons. The van der Waals surface area contributed by atoms with Crippen molar-refractivity contribution < 1.29 is 14.3 Å². The van der Waals surface area contributed by atoms with Crippen LogP contribution in [0.4, 0.5) is 4.79 Å². The van der Waals surface area contributed by atoms with E-state index in [0.717, 1.165) is 5.69 Å². The van der Waals surface area contributed by atoms with Crippen LogP contribution in [0.25, 0.3) is 5.69 Å². The molecule has 2 heterocycles. The smallest absolute Gasteiger partial charge is 0.410 e. The monoisotopic (exact) mass is 418 g/mol. The van der Waals surface area contributed by atoms with Crippen LogP contribution in [-0.2, 0) is 4.74 Å². The third-order valence-electron chi connectivity index (χ3n) is 4.81. The van der Waals surface area contributed by atoms with Crippen LogP contribution in [-0.4, -0.2) is 51.4 Å². The fourth-order valence-corrected chi connectivity index (χ4v) is 3.41. The summed E-state index contributed by atoms with van der Waals surface area (Å²) in [5.74, 6) is -0.0562. The van der Waals surface area contributed by atoms with Gasteiger partial charge in [-0.25, -0.2) is 9.48 Å². The van der Waals surface area contributed by atoms with Crippen LogP contribution in [0.1, 0.15) is 44.5 Å². The van der Waals surface area contributed by atoms with E-state index in [1.54, 1.807) is 34.1 Å². The van der Waals surface area contributed by atoms with Gasteiger partial charge in [0.1, 0.15) is 5.60 Å². The second-order valence-electron chi connectivity index (χ2n) is 8.42. The van der Waals surface area contributed by atoms with Crippen molar-refractivity contribution >= 4 is 23.6 Å². The Morgan fingerprint density at radius 2 is 1.93 bits per heavy atom. The molecule has 0 saturated carbocycles. The zero-order valence-electron chi connectivity index (χ0n) is 17.2. The van der Waals surface area contributed by atoms with Gasteiger partial charge >= 0.3 is 6.09 Å². The first-order valence-electron chi connectivity index (χ1n) is 9.72. The van der Waals surface area contributed by atoms with Crippen molar-refractivity contribution in [2.24, 2.45) is 5.92 Å². The van der Waals surface area contributed by atoms with Gasteiger partial charge in [-0.1, -0.05) is 18.5 Å². The molecule has 2 amide bonds. The molecule has 8 heteroatoms. The van der Waals surface area contributed by atoms with E-state index in [1.165, 1.54) is 0 Å². The van der Waals surface area contributed by atoms with Crippen molar-refractivity contribution in [2.45, 2.75) is 45.8 Å². The second-order valence-corrected chi connectivity index (χ2v) is 8.86. The minimum absolute atomic E-state index is 0.0138. The Balaban J connectivity index is 1.58. The van der Waals surface area contributed by atoms with E-state index in [9.17, 15) is 9.59 Å². The molecule has 1 aliphatic rings. The third-order valence-corrected chi connectivity index (χ3v) is 5.06. The second kappa shape index (κ2) is 8.45. The van der Waals surface area contributed by atoms with Gasteiger partial charge in [0, 0.05) is 30.4 Å². The van der Waals surface area contributed by atoms with E-state index in [1.807, 2.05) is 39.8 Å². The van der Waals surface area contributed by atoms with Crippen molar-refractivity contribution in [1.82, 2.24) is 20.0 Å². The number of likely N-dealkylation sites (tertiary alicyclic amines) is 1. The molecule has 1 N–H and O–H groups in total. The summed E-state index contributed by atoms with van der Waals surface area (Å²) in [6.45, 7) is 8.68. The minimum Gasteiger partial charge on any atom is -0.444 e. The van der Waals surface area contributed by atoms with Gasteiger partial charge in [0.2, 0.25) is 0 Å². The zero-order chi connectivity index (χ0) is 21.2. The quantitative estimate of drug-likeness (QED) is 0.820. The predicted octanol–water partition coefficient (Wildman–Crippen LogP) is 3.90. The fraction of sp³-hybridized carbons (Fsp3) is 0.476. The van der Waals surface area contributed by atoms with Gasteiger partial charge in [-0.2, -0.15) is 5.10 Å². The van der Waals surface area contributed by atoms with Crippen LogP contribution in [0.3, 0.4) is 0 Å². The average Bonchev–Trinajstić information content (AvgIpc) is 3.12. The molecular weight excluding hydrogens is 392 g/mol. The van der Waals surface area contributed by atoms with Gasteiger partial charge < -0.3 is 15.0 Å². The molecule has 29 heavy (non-hydrogen) atoms. The molecule has 7 nitrogen and oxygen atoms in total. The highest BCUT2D eigenvalue weighted by Gasteiger charge is 2.32. The summed E-state index contributed by atoms with van der Waals surface area (Å²) in [4.78, 5) is 26.6. The Bertz CT molecular complexity index is 873. The number of nitrogens with zero attached hydrogens (tertiary/aromatic N) is 3. The van der Waals surface area contributed by atoms with Crippen molar-refractivity contribution in [2.75, 3.05) is 13.1 Å². The largest absolute Gasteiger partial charge is 0.444 e. The van der Waals surface area contributed by atoms with Gasteiger partial charge in [-0.15, -0.1) is 0 Å². The van der Waals surface area contributed by atoms with Crippen molar-refractivity contribution in [1.29, 1.82) is 0 Å². The lowest BCUT2D eigenvalue weighted by Crippen LogP contribution is -2.52. The van der Waals surface area contributed by atoms with Crippen molar-refractivity contribution in [3.8, 4) is 5.69 Å². The van der Waals surface area contributed by atoms with Crippen LogP contribution < -0.4 is 5.32 Å². The maximum Gasteiger partial charge on any atom is 0.410 e. The first kappa shape index (κ1) is 21.2. The number of aromatic nitrogens is 2. The van der Waals surface area contributed by atoms with E-state index in [2.05, 4.69) is 10.4 Å². The maximum atomic E-state index is 12.7. The number of hydrogen-bond acceptors (Lipinski definition) is 4. The van der Waals surface area contributed by atoms with Gasteiger partial charge in [0.15, 0.2) is 0 Å². The highest BCUT2D eigenvalue weighted by atomic mass is 35.5. The third kappa shape index (κ3) is 5.50. The zero-order valence-corrected chi connectivity index (χ0v) is 17.9. The molecule has 156 valence electrons. The molecule has 0 aliphatic carbocycles. The highest BCUT2D eigenvalue weighted by Crippen LogP contribution is 2.20. The lowest BCUT2D eigenvalue weighted by atomic mass is 9.94. The SMILES string of the molecule is C[C@@H]1CN(C(=O)OC(C)(C)C)CC[C@H]1NC(=O)c1cnn(-c2ccc(Cl)cc2)c1. The molecule has 0 unspecified atom stereocenters. The summed E-state index contributed by atoms with van der Waals surface area (Å²) in [5, 5.41) is 7.98. The maximum absolute atomic E-state index is 12.7. The van der Waals surface area contributed by atoms with Gasteiger partial charge in [-0.3, -0.25) is 4.79 Å². The Kier molecular flexibility index (Phi) is 6.17. The number of rotatable bonds is 3. The number of halogens is 1. The number of ether oxygens (including phenoxy) is 1. The Morgan fingerprint density at radius 3 is 2.55 bits per heavy atom. The Hall–Kier alpha value is -2.54. The molecule has 2 aromatic rings. The summed E-state index contributed by atoms with van der Waals surface area (Å²) >= 11 is 5.91. The van der Waals surface area contributed by atoms with Crippen LogP contribution >= 0.6 is 11.6 Å². The number of carbonyl (C=O) groups is 2. The first-order chi connectivity index (χ1) is 13.6. The molecular formula is C21H27ClN4O3. The van der Waals surface area contributed by atoms with Crippen molar-refractivity contribution in [3.05, 3.63) is 47.2 Å². The van der Waals surface area contributed by atoms with Gasteiger partial charge in [0.25, 0.3) is 5.91 Å². The van der Waals surface area contributed by atoms with Crippen LogP contribution in [0.15, 0.2) is 36.7 Å². The standard InChI is InChI=1S/C21H27ClN4O3/c1-14-12-25(20(28)29-21(2,3)4)10-9-18(14)24-19(27)15-11-23-26(13-15)17-7-5-16(22)6-8-17/h5-8,11,13-14,18H,9-10,12H2,1-4H3,(H,24,27)/t14-,18-/m1/s1. The lowest BCUT2D eigenvalue weighted by Gasteiger charge is -2.37. The van der Waals surface area contributed by atoms with E-state index in [0.29, 0.717) is 30.1 Å². The molecule has 1 fully saturated rings. The van der Waals surface area contributed by atoms with E-state index >= 15 is 0 Å². The highest BCUT2D eigenvalue weighted by molar-refractivity contribution is 6.30. The molecule has 1 aromatic carbocycles. The van der Waals surface area contributed by atoms with E-state index < -0.39 is 5.60 Å². The molecule has 1 aliphatic heterocycles. The molecule has 0 bridgehead atoms. The summed E-state index contributed by atoms with van der Waals surface area (Å²) in [6.07, 6.45) is 3.61. The molecule has 3 rings (SSSR count). The fourth-order valence-electron chi connectivity index (χ4n) is 3.28. The lowest BCUT2D eigenvalue weighted by molar-refractivity contribution is 0.0145.